The zero-order valence-electron chi connectivity index (χ0n) is 11.9. The highest BCUT2D eigenvalue weighted by Gasteiger charge is 2.28. The summed E-state index contributed by atoms with van der Waals surface area (Å²) in [4.78, 5) is 0. The van der Waals surface area contributed by atoms with Gasteiger partial charge in [0.15, 0.2) is 0 Å². The summed E-state index contributed by atoms with van der Waals surface area (Å²) in [6.45, 7) is 6.15. The van der Waals surface area contributed by atoms with Crippen LogP contribution in [-0.4, -0.2) is 20.5 Å². The van der Waals surface area contributed by atoms with Gasteiger partial charge in [-0.25, -0.2) is 0 Å². The van der Waals surface area contributed by atoms with Crippen LogP contribution in [0, 0.1) is 5.92 Å². The predicted octanol–water partition coefficient (Wildman–Crippen LogP) is 3.34. The third-order valence-electron chi connectivity index (χ3n) is 4.58. The molecule has 1 aromatic rings. The van der Waals surface area contributed by atoms with Gasteiger partial charge in [-0.1, -0.05) is 33.1 Å². The largest absolute Gasteiger partial charge is 0.389 e. The van der Waals surface area contributed by atoms with Gasteiger partial charge in [-0.2, -0.15) is 5.10 Å². The Morgan fingerprint density at radius 2 is 2.17 bits per heavy atom. The first-order valence-electron chi connectivity index (χ1n) is 7.29. The van der Waals surface area contributed by atoms with E-state index >= 15 is 0 Å². The van der Waals surface area contributed by atoms with Gasteiger partial charge >= 0.3 is 0 Å². The summed E-state index contributed by atoms with van der Waals surface area (Å²) in [6.07, 6.45) is 8.89. The minimum absolute atomic E-state index is 0.300. The Balaban J connectivity index is 2.01. The number of nitrogens with zero attached hydrogens (tertiary/aromatic N) is 2. The number of aliphatic hydroxyl groups is 1. The molecule has 0 radical (unpaired) electrons. The van der Waals surface area contributed by atoms with Gasteiger partial charge in [0.1, 0.15) is 0 Å². The van der Waals surface area contributed by atoms with Gasteiger partial charge in [0, 0.05) is 12.6 Å². The molecular weight excluding hydrogens is 224 g/mol. The first kappa shape index (κ1) is 13.6. The van der Waals surface area contributed by atoms with Gasteiger partial charge in [-0.05, 0) is 31.7 Å². The maximum Gasteiger partial charge on any atom is 0.0700 e. The summed E-state index contributed by atoms with van der Waals surface area (Å²) >= 11 is 0. The molecule has 3 heteroatoms. The van der Waals surface area contributed by atoms with E-state index in [1.807, 2.05) is 6.92 Å². The first-order chi connectivity index (χ1) is 8.53. The molecule has 1 saturated carbocycles. The molecule has 2 unspecified atom stereocenters. The molecule has 18 heavy (non-hydrogen) atoms. The van der Waals surface area contributed by atoms with Crippen LogP contribution in [0.4, 0.5) is 0 Å². The average molecular weight is 250 g/mol. The SMILES string of the molecule is CCC(C)C(C)(O)Cc1ccn(C2CCCC2)n1. The van der Waals surface area contributed by atoms with Crippen molar-refractivity contribution < 1.29 is 5.11 Å². The summed E-state index contributed by atoms with van der Waals surface area (Å²) in [6, 6.07) is 2.65. The van der Waals surface area contributed by atoms with Gasteiger partial charge in [0.05, 0.1) is 17.3 Å². The van der Waals surface area contributed by atoms with Crippen LogP contribution in [0.5, 0.6) is 0 Å². The van der Waals surface area contributed by atoms with E-state index in [1.165, 1.54) is 25.7 Å². The van der Waals surface area contributed by atoms with Crippen LogP contribution >= 0.6 is 0 Å². The second-order valence-electron chi connectivity index (χ2n) is 6.07. The van der Waals surface area contributed by atoms with Gasteiger partial charge in [0.25, 0.3) is 0 Å². The van der Waals surface area contributed by atoms with E-state index in [0.717, 1.165) is 12.1 Å². The maximum absolute atomic E-state index is 10.5. The first-order valence-corrected chi connectivity index (χ1v) is 7.29. The molecule has 0 saturated heterocycles. The molecule has 1 heterocycles. The molecule has 2 rings (SSSR count). The fourth-order valence-electron chi connectivity index (χ4n) is 2.82. The van der Waals surface area contributed by atoms with Gasteiger partial charge in [-0.15, -0.1) is 0 Å². The van der Waals surface area contributed by atoms with E-state index in [1.54, 1.807) is 0 Å². The fraction of sp³-hybridized carbons (Fsp3) is 0.800. The number of hydrogen-bond acceptors (Lipinski definition) is 2. The quantitative estimate of drug-likeness (QED) is 0.870. The van der Waals surface area contributed by atoms with Crippen molar-refractivity contribution in [2.24, 2.45) is 5.92 Å². The highest BCUT2D eigenvalue weighted by molar-refractivity contribution is 5.05. The van der Waals surface area contributed by atoms with Gasteiger partial charge in [-0.3, -0.25) is 4.68 Å². The zero-order chi connectivity index (χ0) is 13.2. The molecule has 0 amide bonds. The van der Waals surface area contributed by atoms with Crippen molar-refractivity contribution in [3.63, 3.8) is 0 Å². The second-order valence-corrected chi connectivity index (χ2v) is 6.07. The molecule has 1 aromatic heterocycles. The highest BCUT2D eigenvalue weighted by atomic mass is 16.3. The highest BCUT2D eigenvalue weighted by Crippen LogP contribution is 2.29. The van der Waals surface area contributed by atoms with Crippen LogP contribution in [0.25, 0.3) is 0 Å². The lowest BCUT2D eigenvalue weighted by atomic mass is 9.85. The molecule has 1 aliphatic rings. The molecule has 1 aliphatic carbocycles. The van der Waals surface area contributed by atoms with E-state index in [-0.39, 0.29) is 0 Å². The van der Waals surface area contributed by atoms with E-state index in [4.69, 9.17) is 0 Å². The molecule has 102 valence electrons. The number of rotatable bonds is 5. The lowest BCUT2D eigenvalue weighted by molar-refractivity contribution is 0.00418. The Morgan fingerprint density at radius 3 is 2.78 bits per heavy atom. The van der Waals surface area contributed by atoms with Crippen LogP contribution in [0.1, 0.15) is 64.6 Å². The Hall–Kier alpha value is -0.830. The Bertz CT molecular complexity index is 378. The fourth-order valence-corrected chi connectivity index (χ4v) is 2.82. The normalized spacial score (nSPS) is 22.0. The van der Waals surface area contributed by atoms with Crippen molar-refractivity contribution in [3.8, 4) is 0 Å². The summed E-state index contributed by atoms with van der Waals surface area (Å²) < 4.78 is 2.11. The smallest absolute Gasteiger partial charge is 0.0700 e. The molecule has 1 N–H and O–H groups in total. The summed E-state index contributed by atoms with van der Waals surface area (Å²) in [5.41, 5.74) is 0.371. The Kier molecular flexibility index (Phi) is 4.10. The van der Waals surface area contributed by atoms with Crippen LogP contribution in [-0.2, 0) is 6.42 Å². The van der Waals surface area contributed by atoms with Crippen molar-refractivity contribution in [1.82, 2.24) is 9.78 Å². The lowest BCUT2D eigenvalue weighted by Crippen LogP contribution is -2.35. The summed E-state index contributed by atoms with van der Waals surface area (Å²) in [7, 11) is 0. The van der Waals surface area contributed by atoms with Crippen LogP contribution in [0.3, 0.4) is 0 Å². The van der Waals surface area contributed by atoms with Crippen molar-refractivity contribution >= 4 is 0 Å². The van der Waals surface area contributed by atoms with E-state index < -0.39 is 5.60 Å². The maximum atomic E-state index is 10.5. The standard InChI is InChI=1S/C15H26N2O/c1-4-12(2)15(3,18)11-13-9-10-17(16-13)14-7-5-6-8-14/h9-10,12,14,18H,4-8,11H2,1-3H3. The molecule has 3 nitrogen and oxygen atoms in total. The monoisotopic (exact) mass is 250 g/mol. The van der Waals surface area contributed by atoms with Gasteiger partial charge < -0.3 is 5.11 Å². The topological polar surface area (TPSA) is 38.0 Å². The minimum atomic E-state index is -0.649. The molecule has 2 atom stereocenters. The Labute approximate surface area is 110 Å². The molecule has 0 aromatic carbocycles. The third kappa shape index (κ3) is 2.94. The zero-order valence-corrected chi connectivity index (χ0v) is 11.9. The summed E-state index contributed by atoms with van der Waals surface area (Å²) in [5.74, 6) is 0.300. The Morgan fingerprint density at radius 1 is 1.50 bits per heavy atom. The average Bonchev–Trinajstić information content (AvgIpc) is 2.97. The van der Waals surface area contributed by atoms with Crippen molar-refractivity contribution in [1.29, 1.82) is 0 Å². The molecule has 0 spiro atoms. The lowest BCUT2D eigenvalue weighted by Gasteiger charge is -2.28. The second kappa shape index (κ2) is 5.43. The van der Waals surface area contributed by atoms with Crippen LogP contribution < -0.4 is 0 Å². The van der Waals surface area contributed by atoms with Crippen molar-refractivity contribution in [3.05, 3.63) is 18.0 Å². The van der Waals surface area contributed by atoms with Gasteiger partial charge in [0.2, 0.25) is 0 Å². The van der Waals surface area contributed by atoms with Crippen LogP contribution in [0.15, 0.2) is 12.3 Å². The molecule has 0 bridgehead atoms. The summed E-state index contributed by atoms with van der Waals surface area (Å²) in [5, 5.41) is 15.1. The molecule has 0 aliphatic heterocycles. The van der Waals surface area contributed by atoms with E-state index in [0.29, 0.717) is 18.4 Å². The third-order valence-corrected chi connectivity index (χ3v) is 4.58. The molecule has 1 fully saturated rings. The van der Waals surface area contributed by atoms with E-state index in [9.17, 15) is 5.11 Å². The van der Waals surface area contributed by atoms with Crippen LogP contribution in [0.2, 0.25) is 0 Å². The number of aromatic nitrogens is 2. The number of hydrogen-bond donors (Lipinski definition) is 1. The van der Waals surface area contributed by atoms with E-state index in [2.05, 4.69) is 35.9 Å². The molecular formula is C15H26N2O. The predicted molar refractivity (Wildman–Crippen MR) is 73.5 cm³/mol. The van der Waals surface area contributed by atoms with Crippen molar-refractivity contribution in [2.45, 2.75) is 70.9 Å². The minimum Gasteiger partial charge on any atom is -0.389 e. The van der Waals surface area contributed by atoms with Crippen molar-refractivity contribution in [2.75, 3.05) is 0 Å².